The summed E-state index contributed by atoms with van der Waals surface area (Å²) in [6.45, 7) is 1.19. The van der Waals surface area contributed by atoms with Gasteiger partial charge in [-0.05, 0) is 13.0 Å². The van der Waals surface area contributed by atoms with Crippen LogP contribution in [0.1, 0.15) is 6.92 Å². The van der Waals surface area contributed by atoms with E-state index in [-0.39, 0.29) is 5.96 Å². The minimum atomic E-state index is -1.31. The summed E-state index contributed by atoms with van der Waals surface area (Å²) in [4.78, 5) is 42.6. The maximum atomic E-state index is 11.7. The van der Waals surface area contributed by atoms with Gasteiger partial charge in [-0.15, -0.1) is 0 Å². The fraction of sp³-hybridized carbons (Fsp3) is 0.222. The zero-order chi connectivity index (χ0) is 11.0. The molecule has 0 saturated carbocycles. The van der Waals surface area contributed by atoms with Crippen molar-refractivity contribution < 1.29 is 14.4 Å². The highest BCUT2D eigenvalue weighted by Crippen LogP contribution is 2.16. The molecule has 0 spiro atoms. The van der Waals surface area contributed by atoms with E-state index in [9.17, 15) is 14.4 Å². The van der Waals surface area contributed by atoms with Crippen LogP contribution in [-0.4, -0.2) is 34.7 Å². The first-order chi connectivity index (χ1) is 7.11. The van der Waals surface area contributed by atoms with E-state index >= 15 is 0 Å². The summed E-state index contributed by atoms with van der Waals surface area (Å²) in [5.41, 5.74) is 0. The predicted molar refractivity (Wildman–Crippen MR) is 51.1 cm³/mol. The van der Waals surface area contributed by atoms with Crippen molar-refractivity contribution >= 4 is 29.8 Å². The predicted octanol–water partition coefficient (Wildman–Crippen LogP) is -0.486. The molecular formula is C9H7N3O3. The zero-order valence-corrected chi connectivity index (χ0v) is 7.88. The lowest BCUT2D eigenvalue weighted by Gasteiger charge is -2.25. The summed E-state index contributed by atoms with van der Waals surface area (Å²) in [5.74, 6) is -3.13. The van der Waals surface area contributed by atoms with Crippen LogP contribution in [0.25, 0.3) is 0 Å². The zero-order valence-electron chi connectivity index (χ0n) is 7.88. The number of ketones is 1. The molecule has 0 aliphatic carbocycles. The van der Waals surface area contributed by atoms with E-state index < -0.39 is 23.5 Å². The Balaban J connectivity index is 2.46. The van der Waals surface area contributed by atoms with Crippen molar-refractivity contribution in [1.29, 1.82) is 0 Å². The number of Topliss-reactive ketones (excluding diaryl/α,β-unsaturated/α-hetero) is 1. The number of amides is 2. The molecule has 6 heteroatoms. The molecule has 0 radical (unpaired) electrons. The maximum Gasteiger partial charge on any atom is 0.269 e. The van der Waals surface area contributed by atoms with Crippen molar-refractivity contribution in [3.63, 3.8) is 0 Å². The van der Waals surface area contributed by atoms with Crippen LogP contribution in [0, 0.1) is 5.92 Å². The molecule has 1 unspecified atom stereocenters. The van der Waals surface area contributed by atoms with Crippen LogP contribution in [0.3, 0.4) is 0 Å². The Morgan fingerprint density at radius 1 is 1.47 bits per heavy atom. The molecule has 76 valence electrons. The van der Waals surface area contributed by atoms with Crippen LogP contribution in [0.15, 0.2) is 22.3 Å². The SMILES string of the molecule is CC(=O)C1C(=O)N=C2N=CC=CN2C1=O. The number of guanidine groups is 1. The number of hydrogen-bond donors (Lipinski definition) is 0. The molecular weight excluding hydrogens is 198 g/mol. The van der Waals surface area contributed by atoms with Gasteiger partial charge in [0.05, 0.1) is 0 Å². The highest BCUT2D eigenvalue weighted by Gasteiger charge is 2.40. The van der Waals surface area contributed by atoms with Crippen molar-refractivity contribution in [2.24, 2.45) is 15.9 Å². The lowest BCUT2D eigenvalue weighted by Crippen LogP contribution is -2.47. The molecule has 0 aromatic carbocycles. The van der Waals surface area contributed by atoms with Gasteiger partial charge in [-0.1, -0.05) is 0 Å². The minimum Gasteiger partial charge on any atom is -0.299 e. The Hall–Kier alpha value is -2.11. The van der Waals surface area contributed by atoms with Crippen molar-refractivity contribution in [3.8, 4) is 0 Å². The largest absolute Gasteiger partial charge is 0.299 e. The van der Waals surface area contributed by atoms with Crippen molar-refractivity contribution in [2.45, 2.75) is 6.92 Å². The molecule has 0 aromatic rings. The maximum absolute atomic E-state index is 11.7. The van der Waals surface area contributed by atoms with Crippen LogP contribution in [0.4, 0.5) is 0 Å². The number of allylic oxidation sites excluding steroid dienone is 1. The first kappa shape index (κ1) is 9.45. The minimum absolute atomic E-state index is 0.0185. The Morgan fingerprint density at radius 2 is 2.20 bits per heavy atom. The van der Waals surface area contributed by atoms with Gasteiger partial charge < -0.3 is 0 Å². The quantitative estimate of drug-likeness (QED) is 0.542. The van der Waals surface area contributed by atoms with Crippen LogP contribution in [0.2, 0.25) is 0 Å². The first-order valence-corrected chi connectivity index (χ1v) is 4.28. The third-order valence-corrected chi connectivity index (χ3v) is 2.07. The van der Waals surface area contributed by atoms with E-state index in [1.807, 2.05) is 0 Å². The smallest absolute Gasteiger partial charge is 0.269 e. The number of hydrogen-bond acceptors (Lipinski definition) is 4. The summed E-state index contributed by atoms with van der Waals surface area (Å²) in [7, 11) is 0. The van der Waals surface area contributed by atoms with Crippen LogP contribution < -0.4 is 0 Å². The summed E-state index contributed by atoms with van der Waals surface area (Å²) in [5, 5.41) is 0. The summed E-state index contributed by atoms with van der Waals surface area (Å²) >= 11 is 0. The number of rotatable bonds is 1. The fourth-order valence-corrected chi connectivity index (χ4v) is 1.37. The number of aliphatic imine (C=N–C) groups is 2. The molecule has 0 fully saturated rings. The topological polar surface area (TPSA) is 79.2 Å². The summed E-state index contributed by atoms with van der Waals surface area (Å²) in [6, 6.07) is 0. The second-order valence-corrected chi connectivity index (χ2v) is 3.12. The van der Waals surface area contributed by atoms with Crippen molar-refractivity contribution in [1.82, 2.24) is 4.90 Å². The summed E-state index contributed by atoms with van der Waals surface area (Å²) in [6.07, 6.45) is 4.38. The Kier molecular flexibility index (Phi) is 2.03. The Labute approximate surface area is 85.0 Å². The van der Waals surface area contributed by atoms with E-state index in [2.05, 4.69) is 9.98 Å². The monoisotopic (exact) mass is 205 g/mol. The van der Waals surface area contributed by atoms with E-state index in [1.165, 1.54) is 25.4 Å². The van der Waals surface area contributed by atoms with Crippen molar-refractivity contribution in [3.05, 3.63) is 12.3 Å². The number of nitrogens with zero attached hydrogens (tertiary/aromatic N) is 3. The molecule has 0 saturated heterocycles. The Morgan fingerprint density at radius 3 is 2.87 bits per heavy atom. The van der Waals surface area contributed by atoms with E-state index in [4.69, 9.17) is 0 Å². The van der Waals surface area contributed by atoms with Gasteiger partial charge in [-0.2, -0.15) is 4.99 Å². The molecule has 2 aliphatic rings. The molecule has 15 heavy (non-hydrogen) atoms. The molecule has 1 atom stereocenters. The fourth-order valence-electron chi connectivity index (χ4n) is 1.37. The number of fused-ring (bicyclic) bond motifs is 1. The molecule has 2 heterocycles. The molecule has 2 amide bonds. The Bertz CT molecular complexity index is 448. The van der Waals surface area contributed by atoms with Gasteiger partial charge in [0.2, 0.25) is 5.96 Å². The molecule has 0 bridgehead atoms. The highest BCUT2D eigenvalue weighted by molar-refractivity contribution is 6.26. The van der Waals surface area contributed by atoms with Gasteiger partial charge in [0.25, 0.3) is 11.8 Å². The average Bonchev–Trinajstić information content (AvgIpc) is 2.17. The second kappa shape index (κ2) is 3.23. The molecule has 0 N–H and O–H groups in total. The van der Waals surface area contributed by atoms with Gasteiger partial charge >= 0.3 is 0 Å². The van der Waals surface area contributed by atoms with Gasteiger partial charge in [0, 0.05) is 12.4 Å². The lowest BCUT2D eigenvalue weighted by molar-refractivity contribution is -0.143. The second-order valence-electron chi connectivity index (χ2n) is 3.12. The third-order valence-electron chi connectivity index (χ3n) is 2.07. The van der Waals surface area contributed by atoms with Crippen LogP contribution in [-0.2, 0) is 14.4 Å². The van der Waals surface area contributed by atoms with Crippen molar-refractivity contribution in [2.75, 3.05) is 0 Å². The van der Waals surface area contributed by atoms with Gasteiger partial charge in [0.1, 0.15) is 0 Å². The number of carbonyl (C=O) groups excluding carboxylic acids is 3. The van der Waals surface area contributed by atoms with Crippen LogP contribution >= 0.6 is 0 Å². The highest BCUT2D eigenvalue weighted by atomic mass is 16.2. The van der Waals surface area contributed by atoms with E-state index in [1.54, 1.807) is 0 Å². The van der Waals surface area contributed by atoms with Gasteiger partial charge in [0.15, 0.2) is 11.7 Å². The summed E-state index contributed by atoms with van der Waals surface area (Å²) < 4.78 is 0. The molecule has 0 aromatic heterocycles. The van der Waals surface area contributed by atoms with Gasteiger partial charge in [-0.3, -0.25) is 19.3 Å². The molecule has 2 aliphatic heterocycles. The van der Waals surface area contributed by atoms with E-state index in [0.29, 0.717) is 0 Å². The third kappa shape index (κ3) is 1.39. The standard InChI is InChI=1S/C9H7N3O3/c1-5(13)6-7(14)11-9-10-3-2-4-12(9)8(6)15/h2-4,6H,1H3. The first-order valence-electron chi connectivity index (χ1n) is 4.28. The lowest BCUT2D eigenvalue weighted by atomic mass is 10.0. The van der Waals surface area contributed by atoms with Crippen LogP contribution in [0.5, 0.6) is 0 Å². The number of carbonyl (C=O) groups is 3. The average molecular weight is 205 g/mol. The molecule has 6 nitrogen and oxygen atoms in total. The van der Waals surface area contributed by atoms with E-state index in [0.717, 1.165) is 4.90 Å². The molecule has 2 rings (SSSR count). The van der Waals surface area contributed by atoms with Gasteiger partial charge in [-0.25, -0.2) is 4.99 Å². The normalized spacial score (nSPS) is 23.9.